The monoisotopic (exact) mass is 339 g/mol. The van der Waals surface area contributed by atoms with Crippen LogP contribution in [0.5, 0.6) is 5.75 Å². The molecule has 2 aromatic carbocycles. The lowest BCUT2D eigenvalue weighted by Gasteiger charge is -2.20. The van der Waals surface area contributed by atoms with Crippen molar-refractivity contribution >= 4 is 23.4 Å². The maximum Gasteiger partial charge on any atom is 0.321 e. The molecule has 4 nitrogen and oxygen atoms in total. The van der Waals surface area contributed by atoms with Gasteiger partial charge in [0.05, 0.1) is 23.2 Å². The molecule has 5 heteroatoms. The number of hydrogen-bond acceptors (Lipinski definition) is 5. The smallest absolute Gasteiger partial charge is 0.321 e. The maximum atomic E-state index is 12.3. The number of ether oxygens (including phenoxy) is 2. The van der Waals surface area contributed by atoms with Crippen LogP contribution in [-0.2, 0) is 9.53 Å². The second-order valence-corrected chi connectivity index (χ2v) is 6.83. The molecule has 2 heterocycles. The van der Waals surface area contributed by atoms with E-state index in [1.165, 1.54) is 6.26 Å². The molecule has 24 heavy (non-hydrogen) atoms. The van der Waals surface area contributed by atoms with Crippen molar-refractivity contribution in [2.75, 3.05) is 11.9 Å². The van der Waals surface area contributed by atoms with Gasteiger partial charge < -0.3 is 14.8 Å². The molecule has 0 aliphatic carbocycles. The third-order valence-electron chi connectivity index (χ3n) is 4.13. The number of hydrogen-bond donors (Lipinski definition) is 1. The molecular weight excluding hydrogens is 322 g/mol. The highest BCUT2D eigenvalue weighted by Gasteiger charge is 2.41. The van der Waals surface area contributed by atoms with E-state index in [2.05, 4.69) is 11.4 Å². The van der Waals surface area contributed by atoms with Crippen molar-refractivity contribution in [3.8, 4) is 5.75 Å². The van der Waals surface area contributed by atoms with Crippen LogP contribution in [0.2, 0.25) is 0 Å². The summed E-state index contributed by atoms with van der Waals surface area (Å²) in [5.41, 5.74) is 2.90. The number of carbonyl (C=O) groups is 1. The molecule has 0 aromatic heterocycles. The van der Waals surface area contributed by atoms with Crippen LogP contribution in [0.15, 0.2) is 65.4 Å². The normalized spacial score (nSPS) is 21.7. The number of para-hydroxylation sites is 1. The minimum atomic E-state index is -0.333. The third kappa shape index (κ3) is 2.65. The fourth-order valence-electron chi connectivity index (χ4n) is 3.00. The van der Waals surface area contributed by atoms with Crippen molar-refractivity contribution in [1.82, 2.24) is 0 Å². The summed E-state index contributed by atoms with van der Waals surface area (Å²) in [6.07, 6.45) is 1.54. The van der Waals surface area contributed by atoms with Gasteiger partial charge in [0.1, 0.15) is 17.9 Å². The zero-order valence-corrected chi connectivity index (χ0v) is 14.0. The van der Waals surface area contributed by atoms with Crippen molar-refractivity contribution in [3.05, 3.63) is 66.1 Å². The molecule has 122 valence electrons. The lowest BCUT2D eigenvalue weighted by Crippen LogP contribution is -2.20. The summed E-state index contributed by atoms with van der Waals surface area (Å²) < 4.78 is 10.7. The van der Waals surface area contributed by atoms with E-state index < -0.39 is 0 Å². The Hall–Kier alpha value is -2.40. The Kier molecular flexibility index (Phi) is 3.94. The van der Waals surface area contributed by atoms with Gasteiger partial charge in [-0.3, -0.25) is 4.79 Å². The van der Waals surface area contributed by atoms with Crippen LogP contribution in [0.25, 0.3) is 0 Å². The summed E-state index contributed by atoms with van der Waals surface area (Å²) in [6, 6.07) is 16.0. The Morgan fingerprint density at radius 2 is 1.96 bits per heavy atom. The average molecular weight is 339 g/mol. The molecule has 2 aliphatic rings. The molecule has 2 aromatic rings. The van der Waals surface area contributed by atoms with E-state index in [1.54, 1.807) is 11.8 Å². The first-order chi connectivity index (χ1) is 11.8. The van der Waals surface area contributed by atoms with E-state index in [1.807, 2.05) is 49.4 Å². The van der Waals surface area contributed by atoms with Gasteiger partial charge in [-0.1, -0.05) is 24.3 Å². The number of fused-ring (bicyclic) bond motifs is 2. The predicted molar refractivity (Wildman–Crippen MR) is 93.9 cm³/mol. The molecule has 2 unspecified atom stereocenters. The third-order valence-corrected chi connectivity index (χ3v) is 5.54. The number of anilines is 1. The van der Waals surface area contributed by atoms with Crippen molar-refractivity contribution in [3.63, 3.8) is 0 Å². The zero-order valence-electron chi connectivity index (χ0n) is 13.2. The van der Waals surface area contributed by atoms with Crippen LogP contribution in [0, 0.1) is 5.92 Å². The maximum absolute atomic E-state index is 12.3. The van der Waals surface area contributed by atoms with E-state index in [0.717, 1.165) is 27.6 Å². The molecule has 4 rings (SSSR count). The second-order valence-electron chi connectivity index (χ2n) is 5.65. The van der Waals surface area contributed by atoms with Gasteiger partial charge in [-0.25, -0.2) is 0 Å². The quantitative estimate of drug-likeness (QED) is 0.842. The first-order valence-corrected chi connectivity index (χ1v) is 8.80. The number of carbonyl (C=O) groups excluding carboxylic acids is 1. The Morgan fingerprint density at radius 3 is 2.75 bits per heavy atom. The summed E-state index contributed by atoms with van der Waals surface area (Å²) in [6.45, 7) is 2.60. The molecule has 2 atom stereocenters. The van der Waals surface area contributed by atoms with Gasteiger partial charge in [0.15, 0.2) is 0 Å². The highest BCUT2D eigenvalue weighted by molar-refractivity contribution is 7.99. The van der Waals surface area contributed by atoms with Crippen LogP contribution >= 0.6 is 11.8 Å². The van der Waals surface area contributed by atoms with E-state index >= 15 is 0 Å². The molecule has 0 saturated heterocycles. The predicted octanol–water partition coefficient (Wildman–Crippen LogP) is 4.36. The van der Waals surface area contributed by atoms with Crippen LogP contribution in [0.1, 0.15) is 17.7 Å². The number of rotatable bonds is 3. The summed E-state index contributed by atoms with van der Waals surface area (Å²) in [4.78, 5) is 13.4. The number of benzene rings is 2. The molecular formula is C19H17NO3S. The Bertz CT molecular complexity index is 801. The number of cyclic esters (lactones) is 1. The number of esters is 1. The molecule has 0 saturated carbocycles. The van der Waals surface area contributed by atoms with Gasteiger partial charge in [0.25, 0.3) is 0 Å². The number of thioether (sulfide) groups is 1. The molecule has 0 radical (unpaired) electrons. The van der Waals surface area contributed by atoms with Gasteiger partial charge in [-0.15, -0.1) is 11.8 Å². The van der Waals surface area contributed by atoms with Crippen molar-refractivity contribution < 1.29 is 14.3 Å². The van der Waals surface area contributed by atoms with Crippen LogP contribution < -0.4 is 10.1 Å². The zero-order chi connectivity index (χ0) is 16.5. The molecule has 0 spiro atoms. The summed E-state index contributed by atoms with van der Waals surface area (Å²) in [7, 11) is 0. The SMILES string of the molecule is CCOc1ccc(C2Sc3ccccc3NC3=COC(=O)C32)cc1. The largest absolute Gasteiger partial charge is 0.494 e. The Morgan fingerprint density at radius 1 is 1.17 bits per heavy atom. The lowest BCUT2D eigenvalue weighted by atomic mass is 9.96. The van der Waals surface area contributed by atoms with Gasteiger partial charge in [-0.2, -0.15) is 0 Å². The van der Waals surface area contributed by atoms with Crippen LogP contribution in [0.4, 0.5) is 5.69 Å². The molecule has 1 N–H and O–H groups in total. The van der Waals surface area contributed by atoms with Crippen molar-refractivity contribution in [2.45, 2.75) is 17.1 Å². The lowest BCUT2D eigenvalue weighted by molar-refractivity contribution is -0.139. The Balaban J connectivity index is 1.74. The van der Waals surface area contributed by atoms with Gasteiger partial charge in [0.2, 0.25) is 0 Å². The molecule has 2 aliphatic heterocycles. The summed E-state index contributed by atoms with van der Waals surface area (Å²) in [5, 5.41) is 3.31. The van der Waals surface area contributed by atoms with Crippen molar-refractivity contribution in [2.24, 2.45) is 5.92 Å². The molecule has 0 bridgehead atoms. The topological polar surface area (TPSA) is 47.6 Å². The minimum absolute atomic E-state index is 0.0434. The van der Waals surface area contributed by atoms with Gasteiger partial charge in [0, 0.05) is 4.90 Å². The summed E-state index contributed by atoms with van der Waals surface area (Å²) in [5.74, 6) is 0.292. The van der Waals surface area contributed by atoms with E-state index in [9.17, 15) is 4.79 Å². The minimum Gasteiger partial charge on any atom is -0.494 e. The summed E-state index contributed by atoms with van der Waals surface area (Å²) >= 11 is 1.69. The van der Waals surface area contributed by atoms with Gasteiger partial charge in [-0.05, 0) is 36.8 Å². The fourth-order valence-corrected chi connectivity index (χ4v) is 4.37. The molecule has 0 amide bonds. The first kappa shape index (κ1) is 15.1. The standard InChI is InChI=1S/C19H17NO3S/c1-2-22-13-9-7-12(8-10-13)18-17-15(11-23-19(17)21)20-14-5-3-4-6-16(14)24-18/h3-11,17-18,20H,2H2,1H3. The van der Waals surface area contributed by atoms with Crippen LogP contribution in [-0.4, -0.2) is 12.6 Å². The highest BCUT2D eigenvalue weighted by atomic mass is 32.2. The first-order valence-electron chi connectivity index (χ1n) is 7.92. The van der Waals surface area contributed by atoms with E-state index in [-0.39, 0.29) is 17.1 Å². The van der Waals surface area contributed by atoms with Crippen LogP contribution in [0.3, 0.4) is 0 Å². The molecule has 0 fully saturated rings. The Labute approximate surface area is 144 Å². The average Bonchev–Trinajstić information content (AvgIpc) is 2.87. The van der Waals surface area contributed by atoms with E-state index in [0.29, 0.717) is 6.61 Å². The van der Waals surface area contributed by atoms with Crippen molar-refractivity contribution in [1.29, 1.82) is 0 Å². The second kappa shape index (κ2) is 6.24. The van der Waals surface area contributed by atoms with Gasteiger partial charge >= 0.3 is 5.97 Å². The highest BCUT2D eigenvalue weighted by Crippen LogP contribution is 2.50. The van der Waals surface area contributed by atoms with E-state index in [4.69, 9.17) is 9.47 Å². The fraction of sp³-hybridized carbons (Fsp3) is 0.211. The number of nitrogens with one attached hydrogen (secondary N) is 1.